The lowest BCUT2D eigenvalue weighted by atomic mass is 10.2. The number of anilines is 1. The van der Waals surface area contributed by atoms with Crippen molar-refractivity contribution in [3.8, 4) is 0 Å². The van der Waals surface area contributed by atoms with Crippen molar-refractivity contribution >= 4 is 11.5 Å². The van der Waals surface area contributed by atoms with Gasteiger partial charge in [-0.3, -0.25) is 10.1 Å². The molecule has 0 saturated carbocycles. The molecule has 1 N–H and O–H groups in total. The molecule has 0 radical (unpaired) electrons. The molecule has 1 heterocycles. The molecule has 5 nitrogen and oxygen atoms in total. The molecule has 0 aliphatic heterocycles. The van der Waals surface area contributed by atoms with Gasteiger partial charge in [-0.05, 0) is 30.2 Å². The Bertz CT molecular complexity index is 570. The second kappa shape index (κ2) is 5.27. The monoisotopic (exact) mass is 243 g/mol. The second-order valence-corrected chi connectivity index (χ2v) is 4.00. The number of nitrogens with one attached hydrogen (secondary N) is 1. The molecule has 2 rings (SSSR count). The number of aryl methyl sites for hydroxylation is 1. The Kier molecular flexibility index (Phi) is 3.52. The number of hydrogen-bond acceptors (Lipinski definition) is 4. The average molecular weight is 243 g/mol. The maximum Gasteiger partial charge on any atom is 0.269 e. The minimum Gasteiger partial charge on any atom is -0.366 e. The first-order chi connectivity index (χ1) is 8.65. The van der Waals surface area contributed by atoms with Crippen molar-refractivity contribution < 1.29 is 4.92 Å². The number of hydrogen-bond donors (Lipinski definition) is 1. The van der Waals surface area contributed by atoms with Gasteiger partial charge in [0, 0.05) is 24.9 Å². The summed E-state index contributed by atoms with van der Waals surface area (Å²) in [6.45, 7) is 2.50. The van der Waals surface area contributed by atoms with Crippen LogP contribution < -0.4 is 5.32 Å². The van der Waals surface area contributed by atoms with Crippen LogP contribution in [-0.4, -0.2) is 9.91 Å². The maximum atomic E-state index is 10.6. The summed E-state index contributed by atoms with van der Waals surface area (Å²) in [6, 6.07) is 10.4. The predicted octanol–water partition coefficient (Wildman–Crippen LogP) is 2.91. The summed E-state index contributed by atoms with van der Waals surface area (Å²) in [4.78, 5) is 14.4. The van der Waals surface area contributed by atoms with Crippen molar-refractivity contribution in [1.82, 2.24) is 4.98 Å². The normalized spacial score (nSPS) is 10.1. The Morgan fingerprint density at radius 2 is 2.17 bits per heavy atom. The zero-order chi connectivity index (χ0) is 13.0. The number of rotatable bonds is 4. The SMILES string of the molecule is Cc1ccnc(NCc2cccc([N+](=O)[O-])c2)c1. The van der Waals surface area contributed by atoms with Gasteiger partial charge >= 0.3 is 0 Å². The highest BCUT2D eigenvalue weighted by Crippen LogP contribution is 2.14. The largest absolute Gasteiger partial charge is 0.366 e. The molecule has 0 fully saturated rings. The first-order valence-corrected chi connectivity index (χ1v) is 5.55. The third kappa shape index (κ3) is 3.04. The van der Waals surface area contributed by atoms with Crippen molar-refractivity contribution in [1.29, 1.82) is 0 Å². The number of nitro groups is 1. The minimum absolute atomic E-state index is 0.103. The number of nitrogens with zero attached hydrogens (tertiary/aromatic N) is 2. The van der Waals surface area contributed by atoms with Crippen LogP contribution in [-0.2, 0) is 6.54 Å². The molecule has 18 heavy (non-hydrogen) atoms. The van der Waals surface area contributed by atoms with E-state index in [0.29, 0.717) is 6.54 Å². The van der Waals surface area contributed by atoms with E-state index in [9.17, 15) is 10.1 Å². The summed E-state index contributed by atoms with van der Waals surface area (Å²) in [5.74, 6) is 0.765. The fourth-order valence-corrected chi connectivity index (χ4v) is 1.61. The quantitative estimate of drug-likeness (QED) is 0.662. The predicted molar refractivity (Wildman–Crippen MR) is 69.4 cm³/mol. The van der Waals surface area contributed by atoms with Crippen LogP contribution >= 0.6 is 0 Å². The zero-order valence-corrected chi connectivity index (χ0v) is 9.96. The van der Waals surface area contributed by atoms with Crippen molar-refractivity contribution in [3.63, 3.8) is 0 Å². The van der Waals surface area contributed by atoms with E-state index >= 15 is 0 Å². The van der Waals surface area contributed by atoms with Gasteiger partial charge in [-0.25, -0.2) is 4.98 Å². The van der Waals surface area contributed by atoms with Gasteiger partial charge in [-0.15, -0.1) is 0 Å². The number of non-ortho nitro benzene ring substituents is 1. The van der Waals surface area contributed by atoms with Crippen LogP contribution in [0, 0.1) is 17.0 Å². The third-order valence-corrected chi connectivity index (χ3v) is 2.51. The third-order valence-electron chi connectivity index (χ3n) is 2.51. The van der Waals surface area contributed by atoms with E-state index in [-0.39, 0.29) is 5.69 Å². The lowest BCUT2D eigenvalue weighted by molar-refractivity contribution is -0.384. The first-order valence-electron chi connectivity index (χ1n) is 5.55. The molecule has 0 amide bonds. The van der Waals surface area contributed by atoms with Crippen molar-refractivity contribution in [3.05, 3.63) is 63.8 Å². The van der Waals surface area contributed by atoms with Gasteiger partial charge < -0.3 is 5.32 Å². The van der Waals surface area contributed by atoms with Crippen molar-refractivity contribution in [2.24, 2.45) is 0 Å². The minimum atomic E-state index is -0.394. The van der Waals surface area contributed by atoms with E-state index in [1.165, 1.54) is 6.07 Å². The average Bonchev–Trinajstić information content (AvgIpc) is 2.37. The Hall–Kier alpha value is -2.43. The van der Waals surface area contributed by atoms with Gasteiger partial charge in [0.05, 0.1) is 4.92 Å². The highest BCUT2D eigenvalue weighted by Gasteiger charge is 2.05. The van der Waals surface area contributed by atoms with Gasteiger partial charge in [0.1, 0.15) is 5.82 Å². The number of nitro benzene ring substituents is 1. The number of aromatic nitrogens is 1. The molecule has 0 unspecified atom stereocenters. The number of pyridine rings is 1. The van der Waals surface area contributed by atoms with E-state index < -0.39 is 4.92 Å². The Labute approximate surface area is 105 Å². The van der Waals surface area contributed by atoms with Crippen LogP contribution in [0.3, 0.4) is 0 Å². The van der Waals surface area contributed by atoms with Gasteiger partial charge in [0.25, 0.3) is 5.69 Å². The van der Waals surface area contributed by atoms with Crippen LogP contribution in [0.5, 0.6) is 0 Å². The van der Waals surface area contributed by atoms with Crippen LogP contribution in [0.15, 0.2) is 42.6 Å². The van der Waals surface area contributed by atoms with E-state index in [4.69, 9.17) is 0 Å². The molecule has 92 valence electrons. The van der Waals surface area contributed by atoms with Gasteiger partial charge in [-0.2, -0.15) is 0 Å². The molecule has 0 atom stereocenters. The summed E-state index contributed by atoms with van der Waals surface area (Å²) >= 11 is 0. The molecule has 0 aliphatic carbocycles. The summed E-state index contributed by atoms with van der Waals surface area (Å²) in [5, 5.41) is 13.8. The van der Waals surface area contributed by atoms with Crippen LogP contribution in [0.4, 0.5) is 11.5 Å². The topological polar surface area (TPSA) is 68.1 Å². The molecule has 5 heteroatoms. The van der Waals surface area contributed by atoms with Crippen LogP contribution in [0.25, 0.3) is 0 Å². The summed E-state index contributed by atoms with van der Waals surface area (Å²) < 4.78 is 0. The van der Waals surface area contributed by atoms with E-state index in [0.717, 1.165) is 16.9 Å². The van der Waals surface area contributed by atoms with Gasteiger partial charge in [0.15, 0.2) is 0 Å². The second-order valence-electron chi connectivity index (χ2n) is 4.00. The Morgan fingerprint density at radius 3 is 2.89 bits per heavy atom. The van der Waals surface area contributed by atoms with E-state index in [2.05, 4.69) is 10.3 Å². The highest BCUT2D eigenvalue weighted by molar-refractivity contribution is 5.40. The molecule has 0 bridgehead atoms. The van der Waals surface area contributed by atoms with Gasteiger partial charge in [0.2, 0.25) is 0 Å². The highest BCUT2D eigenvalue weighted by atomic mass is 16.6. The molecular formula is C13H13N3O2. The molecule has 1 aromatic carbocycles. The summed E-state index contributed by atoms with van der Waals surface area (Å²) in [6.07, 6.45) is 1.73. The lowest BCUT2D eigenvalue weighted by Gasteiger charge is -2.06. The lowest BCUT2D eigenvalue weighted by Crippen LogP contribution is -2.01. The Balaban J connectivity index is 2.06. The fraction of sp³-hybridized carbons (Fsp3) is 0.154. The molecule has 0 saturated heterocycles. The van der Waals surface area contributed by atoms with E-state index in [1.54, 1.807) is 18.3 Å². The number of benzene rings is 1. The first kappa shape index (κ1) is 12.0. The standard InChI is InChI=1S/C13H13N3O2/c1-10-5-6-14-13(7-10)15-9-11-3-2-4-12(8-11)16(17)18/h2-8H,9H2,1H3,(H,14,15). The van der Waals surface area contributed by atoms with Crippen molar-refractivity contribution in [2.75, 3.05) is 5.32 Å². The van der Waals surface area contributed by atoms with Gasteiger partial charge in [-0.1, -0.05) is 12.1 Å². The molecular weight excluding hydrogens is 230 g/mol. The smallest absolute Gasteiger partial charge is 0.269 e. The van der Waals surface area contributed by atoms with Crippen LogP contribution in [0.2, 0.25) is 0 Å². The maximum absolute atomic E-state index is 10.6. The van der Waals surface area contributed by atoms with Crippen LogP contribution in [0.1, 0.15) is 11.1 Å². The molecule has 2 aromatic rings. The zero-order valence-electron chi connectivity index (χ0n) is 9.96. The van der Waals surface area contributed by atoms with E-state index in [1.807, 2.05) is 25.1 Å². The molecule has 0 aliphatic rings. The summed E-state index contributed by atoms with van der Waals surface area (Å²) in [7, 11) is 0. The molecule has 1 aromatic heterocycles. The summed E-state index contributed by atoms with van der Waals surface area (Å²) in [5.41, 5.74) is 2.07. The fourth-order valence-electron chi connectivity index (χ4n) is 1.61. The Morgan fingerprint density at radius 1 is 1.33 bits per heavy atom. The van der Waals surface area contributed by atoms with Crippen molar-refractivity contribution in [2.45, 2.75) is 13.5 Å². The molecule has 0 spiro atoms.